The highest BCUT2D eigenvalue weighted by molar-refractivity contribution is 9.10. The third-order valence-electron chi connectivity index (χ3n) is 2.77. The molecule has 0 heterocycles. The van der Waals surface area contributed by atoms with Gasteiger partial charge in [-0.3, -0.25) is 0 Å². The molecule has 0 atom stereocenters. The first-order valence-electron chi connectivity index (χ1n) is 5.99. The average Bonchev–Trinajstić information content (AvgIpc) is 2.46. The Morgan fingerprint density at radius 1 is 1.19 bits per heavy atom. The van der Waals surface area contributed by atoms with Crippen LogP contribution < -0.4 is 9.47 Å². The van der Waals surface area contributed by atoms with Crippen LogP contribution in [-0.4, -0.2) is 18.2 Å². The van der Waals surface area contributed by atoms with Crippen LogP contribution in [0.25, 0.3) is 0 Å². The molecule has 0 bridgehead atoms. The molecular formula is C15H12Br2O4. The zero-order chi connectivity index (χ0) is 15.4. The van der Waals surface area contributed by atoms with E-state index in [-0.39, 0.29) is 5.56 Å². The van der Waals surface area contributed by atoms with Crippen LogP contribution in [0.1, 0.15) is 15.9 Å². The van der Waals surface area contributed by atoms with E-state index in [4.69, 9.17) is 14.6 Å². The van der Waals surface area contributed by atoms with Crippen LogP contribution in [0.3, 0.4) is 0 Å². The van der Waals surface area contributed by atoms with Crippen LogP contribution in [-0.2, 0) is 6.61 Å². The molecular weight excluding hydrogens is 404 g/mol. The Morgan fingerprint density at radius 3 is 2.43 bits per heavy atom. The first kappa shape index (κ1) is 15.9. The molecule has 0 saturated carbocycles. The third kappa shape index (κ3) is 3.98. The number of ether oxygens (including phenoxy) is 2. The molecule has 1 N–H and O–H groups in total. The Balaban J connectivity index is 2.23. The minimum atomic E-state index is -1.02. The van der Waals surface area contributed by atoms with E-state index in [0.717, 1.165) is 10.0 Å². The van der Waals surface area contributed by atoms with E-state index in [2.05, 4.69) is 31.9 Å². The van der Waals surface area contributed by atoms with Crippen molar-refractivity contribution in [3.05, 3.63) is 56.5 Å². The van der Waals surface area contributed by atoms with Crippen molar-refractivity contribution in [2.75, 3.05) is 7.11 Å². The molecule has 2 aromatic carbocycles. The van der Waals surface area contributed by atoms with Gasteiger partial charge in [-0.15, -0.1) is 0 Å². The Hall–Kier alpha value is -1.53. The highest BCUT2D eigenvalue weighted by Crippen LogP contribution is 2.37. The second kappa shape index (κ2) is 6.95. The van der Waals surface area contributed by atoms with Gasteiger partial charge in [0.15, 0.2) is 11.5 Å². The maximum atomic E-state index is 11.0. The molecule has 110 valence electrons. The molecule has 6 heteroatoms. The summed E-state index contributed by atoms with van der Waals surface area (Å²) in [6.45, 7) is 0.356. The van der Waals surface area contributed by atoms with Gasteiger partial charge in [-0.2, -0.15) is 0 Å². The van der Waals surface area contributed by atoms with Gasteiger partial charge in [-0.05, 0) is 45.8 Å². The van der Waals surface area contributed by atoms with Crippen molar-refractivity contribution in [1.29, 1.82) is 0 Å². The van der Waals surface area contributed by atoms with Crippen molar-refractivity contribution < 1.29 is 19.4 Å². The fourth-order valence-electron chi connectivity index (χ4n) is 1.72. The van der Waals surface area contributed by atoms with Gasteiger partial charge < -0.3 is 14.6 Å². The van der Waals surface area contributed by atoms with E-state index in [1.807, 2.05) is 24.3 Å². The molecule has 0 spiro atoms. The summed E-state index contributed by atoms with van der Waals surface area (Å²) in [6.07, 6.45) is 0. The zero-order valence-corrected chi connectivity index (χ0v) is 14.3. The molecule has 0 unspecified atom stereocenters. The molecule has 0 aliphatic carbocycles. The topological polar surface area (TPSA) is 55.8 Å². The van der Waals surface area contributed by atoms with Crippen molar-refractivity contribution in [2.24, 2.45) is 0 Å². The summed E-state index contributed by atoms with van der Waals surface area (Å²) in [7, 11) is 1.47. The second-order valence-corrected chi connectivity index (χ2v) is 5.98. The quantitative estimate of drug-likeness (QED) is 0.781. The number of carboxylic acid groups (broad SMARTS) is 1. The lowest BCUT2D eigenvalue weighted by Crippen LogP contribution is -2.02. The van der Waals surface area contributed by atoms with Gasteiger partial charge in [0, 0.05) is 4.47 Å². The van der Waals surface area contributed by atoms with Crippen LogP contribution in [0.2, 0.25) is 0 Å². The minimum Gasteiger partial charge on any atom is -0.493 e. The van der Waals surface area contributed by atoms with Gasteiger partial charge >= 0.3 is 5.97 Å². The number of halogens is 2. The Kier molecular flexibility index (Phi) is 5.25. The monoisotopic (exact) mass is 414 g/mol. The van der Waals surface area contributed by atoms with Crippen LogP contribution >= 0.6 is 31.9 Å². The van der Waals surface area contributed by atoms with Crippen LogP contribution in [0, 0.1) is 0 Å². The lowest BCUT2D eigenvalue weighted by Gasteiger charge is -2.13. The fraction of sp³-hybridized carbons (Fsp3) is 0.133. The summed E-state index contributed by atoms with van der Waals surface area (Å²) in [6, 6.07) is 10.7. The summed E-state index contributed by atoms with van der Waals surface area (Å²) < 4.78 is 12.5. The van der Waals surface area contributed by atoms with Crippen molar-refractivity contribution in [3.63, 3.8) is 0 Å². The first-order valence-corrected chi connectivity index (χ1v) is 7.58. The number of hydrogen-bond acceptors (Lipinski definition) is 3. The SMILES string of the molecule is COc1cc(C(=O)O)cc(Br)c1OCc1ccc(Br)cc1. The van der Waals surface area contributed by atoms with Gasteiger partial charge in [0.25, 0.3) is 0 Å². The van der Waals surface area contributed by atoms with Crippen LogP contribution in [0.5, 0.6) is 11.5 Å². The van der Waals surface area contributed by atoms with Crippen molar-refractivity contribution in [2.45, 2.75) is 6.61 Å². The van der Waals surface area contributed by atoms with Crippen molar-refractivity contribution in [3.8, 4) is 11.5 Å². The first-order chi connectivity index (χ1) is 10.0. The van der Waals surface area contributed by atoms with Crippen LogP contribution in [0.15, 0.2) is 45.3 Å². The molecule has 0 fully saturated rings. The van der Waals surface area contributed by atoms with E-state index >= 15 is 0 Å². The molecule has 0 aromatic heterocycles. The smallest absolute Gasteiger partial charge is 0.335 e. The molecule has 0 saturated heterocycles. The van der Waals surface area contributed by atoms with Gasteiger partial charge in [-0.25, -0.2) is 4.79 Å². The number of aromatic carboxylic acids is 1. The highest BCUT2D eigenvalue weighted by Gasteiger charge is 2.15. The molecule has 0 aliphatic heterocycles. The number of methoxy groups -OCH3 is 1. The maximum Gasteiger partial charge on any atom is 0.335 e. The predicted molar refractivity (Wildman–Crippen MR) is 86.1 cm³/mol. The summed E-state index contributed by atoms with van der Waals surface area (Å²) in [5, 5.41) is 9.03. The molecule has 2 aromatic rings. The lowest BCUT2D eigenvalue weighted by molar-refractivity contribution is 0.0696. The van der Waals surface area contributed by atoms with E-state index in [1.165, 1.54) is 19.2 Å². The lowest BCUT2D eigenvalue weighted by atomic mass is 10.2. The van der Waals surface area contributed by atoms with E-state index in [1.54, 1.807) is 0 Å². The van der Waals surface area contributed by atoms with Gasteiger partial charge in [0.2, 0.25) is 0 Å². The van der Waals surface area contributed by atoms with Crippen LogP contribution in [0.4, 0.5) is 0 Å². The molecule has 0 aliphatic rings. The summed E-state index contributed by atoms with van der Waals surface area (Å²) >= 11 is 6.69. The largest absolute Gasteiger partial charge is 0.493 e. The van der Waals surface area contributed by atoms with E-state index < -0.39 is 5.97 Å². The highest BCUT2D eigenvalue weighted by atomic mass is 79.9. The normalized spacial score (nSPS) is 10.2. The molecule has 21 heavy (non-hydrogen) atoms. The number of hydrogen-bond donors (Lipinski definition) is 1. The minimum absolute atomic E-state index is 0.134. The van der Waals surface area contributed by atoms with Gasteiger partial charge in [-0.1, -0.05) is 28.1 Å². The van der Waals surface area contributed by atoms with E-state index in [9.17, 15) is 4.79 Å². The number of carbonyl (C=O) groups is 1. The summed E-state index contributed by atoms with van der Waals surface area (Å²) in [4.78, 5) is 11.0. The van der Waals surface area contributed by atoms with E-state index in [0.29, 0.717) is 22.6 Å². The number of rotatable bonds is 5. The number of benzene rings is 2. The molecule has 0 amide bonds. The average molecular weight is 416 g/mol. The summed E-state index contributed by atoms with van der Waals surface area (Å²) in [5.74, 6) is -0.169. The molecule has 0 radical (unpaired) electrons. The Bertz CT molecular complexity index is 653. The predicted octanol–water partition coefficient (Wildman–Crippen LogP) is 4.50. The number of carboxylic acids is 1. The molecule has 4 nitrogen and oxygen atoms in total. The van der Waals surface area contributed by atoms with Gasteiger partial charge in [0.1, 0.15) is 6.61 Å². The Morgan fingerprint density at radius 2 is 1.86 bits per heavy atom. The third-order valence-corrected chi connectivity index (χ3v) is 3.89. The fourth-order valence-corrected chi connectivity index (χ4v) is 2.54. The molecule has 2 rings (SSSR count). The maximum absolute atomic E-state index is 11.0. The van der Waals surface area contributed by atoms with Gasteiger partial charge in [0.05, 0.1) is 17.1 Å². The summed E-state index contributed by atoms with van der Waals surface area (Å²) in [5.41, 5.74) is 1.13. The zero-order valence-electron chi connectivity index (χ0n) is 11.1. The standard InChI is InChI=1S/C15H12Br2O4/c1-20-13-7-10(15(18)19)6-12(17)14(13)21-8-9-2-4-11(16)5-3-9/h2-7H,8H2,1H3,(H,18,19). The van der Waals surface area contributed by atoms with Crippen molar-refractivity contribution in [1.82, 2.24) is 0 Å². The Labute approximate surface area is 139 Å². The second-order valence-electron chi connectivity index (χ2n) is 4.21. The van der Waals surface area contributed by atoms with Crippen molar-refractivity contribution >= 4 is 37.8 Å².